The van der Waals surface area contributed by atoms with Crippen LogP contribution in [-0.4, -0.2) is 46.6 Å². The second-order valence-electron chi connectivity index (χ2n) is 11.8. The zero-order valence-electron chi connectivity index (χ0n) is 21.8. The minimum Gasteiger partial charge on any atom is -0.349 e. The van der Waals surface area contributed by atoms with Gasteiger partial charge in [0.05, 0.1) is 39.9 Å². The van der Waals surface area contributed by atoms with E-state index in [2.05, 4.69) is 26.1 Å². The highest BCUT2D eigenvalue weighted by atomic mass is 32.2. The Morgan fingerprint density at radius 2 is 1.86 bits per heavy atom. The van der Waals surface area contributed by atoms with Crippen molar-refractivity contribution in [3.05, 3.63) is 47.2 Å². The highest BCUT2D eigenvalue weighted by molar-refractivity contribution is 7.91. The Morgan fingerprint density at radius 1 is 1.14 bits per heavy atom. The molecule has 8 heteroatoms. The Morgan fingerprint density at radius 3 is 2.50 bits per heavy atom. The number of nitrogens with one attached hydrogen (secondary N) is 1. The molecule has 0 bridgehead atoms. The van der Waals surface area contributed by atoms with Crippen molar-refractivity contribution in [3.8, 4) is 11.3 Å². The number of carbonyl (C=O) groups is 1. The van der Waals surface area contributed by atoms with Gasteiger partial charge in [0.1, 0.15) is 0 Å². The van der Waals surface area contributed by atoms with Gasteiger partial charge in [-0.3, -0.25) is 4.79 Å². The lowest BCUT2D eigenvalue weighted by Gasteiger charge is -2.39. The second-order valence-corrected chi connectivity index (χ2v) is 14.0. The standard InChI is InChI=1S/C28H36N4O3S/c1-17-6-8-20(9-7-17)24-13-23(27(33)29-21-12-18(2)14-28(4,5)15-21)25-19(3)31-32(26(25)30-24)22-10-11-36(34,35)16-22/h6-9,13,18,21-22H,10-12,14-16H2,1-5H3,(H,29,33). The number of amides is 1. The van der Waals surface area contributed by atoms with Crippen molar-refractivity contribution in [1.82, 2.24) is 20.1 Å². The van der Waals surface area contributed by atoms with Gasteiger partial charge in [-0.05, 0) is 56.9 Å². The lowest BCUT2D eigenvalue weighted by molar-refractivity contribution is 0.0875. The zero-order valence-corrected chi connectivity index (χ0v) is 22.7. The molecule has 7 nitrogen and oxygen atoms in total. The van der Waals surface area contributed by atoms with Gasteiger partial charge in [0.25, 0.3) is 5.91 Å². The van der Waals surface area contributed by atoms with Crippen molar-refractivity contribution < 1.29 is 13.2 Å². The molecule has 36 heavy (non-hydrogen) atoms. The van der Waals surface area contributed by atoms with Gasteiger partial charge in [0.15, 0.2) is 15.5 Å². The third kappa shape index (κ3) is 4.92. The summed E-state index contributed by atoms with van der Waals surface area (Å²) < 4.78 is 26.2. The van der Waals surface area contributed by atoms with Crippen molar-refractivity contribution in [2.45, 2.75) is 72.4 Å². The smallest absolute Gasteiger partial charge is 0.252 e. The van der Waals surface area contributed by atoms with Crippen molar-refractivity contribution in [2.24, 2.45) is 11.3 Å². The van der Waals surface area contributed by atoms with E-state index in [-0.39, 0.29) is 34.9 Å². The summed E-state index contributed by atoms with van der Waals surface area (Å²) in [5, 5.41) is 8.75. The summed E-state index contributed by atoms with van der Waals surface area (Å²) in [6.07, 6.45) is 3.57. The molecule has 1 amide bonds. The van der Waals surface area contributed by atoms with Crippen LogP contribution < -0.4 is 5.32 Å². The summed E-state index contributed by atoms with van der Waals surface area (Å²) in [4.78, 5) is 18.7. The van der Waals surface area contributed by atoms with Crippen LogP contribution >= 0.6 is 0 Å². The molecule has 3 atom stereocenters. The zero-order chi connectivity index (χ0) is 25.8. The average molecular weight is 509 g/mol. The summed E-state index contributed by atoms with van der Waals surface area (Å²) in [7, 11) is -3.10. The number of fused-ring (bicyclic) bond motifs is 1. The summed E-state index contributed by atoms with van der Waals surface area (Å²) in [5.41, 5.74) is 4.75. The van der Waals surface area contributed by atoms with Crippen LogP contribution in [0.4, 0.5) is 0 Å². The van der Waals surface area contributed by atoms with Crippen LogP contribution in [0.15, 0.2) is 30.3 Å². The van der Waals surface area contributed by atoms with E-state index in [0.717, 1.165) is 30.4 Å². The normalized spacial score (nSPS) is 25.2. The fourth-order valence-electron chi connectivity index (χ4n) is 6.31. The quantitative estimate of drug-likeness (QED) is 0.534. The molecule has 0 spiro atoms. The van der Waals surface area contributed by atoms with Crippen molar-refractivity contribution in [1.29, 1.82) is 0 Å². The molecule has 2 fully saturated rings. The molecule has 0 radical (unpaired) electrons. The summed E-state index contributed by atoms with van der Waals surface area (Å²) in [5.74, 6) is 0.635. The highest BCUT2D eigenvalue weighted by Gasteiger charge is 2.35. The van der Waals surface area contributed by atoms with Crippen LogP contribution in [0.3, 0.4) is 0 Å². The summed E-state index contributed by atoms with van der Waals surface area (Å²) in [6.45, 7) is 10.7. The number of benzene rings is 1. The number of hydrogen-bond donors (Lipinski definition) is 1. The third-order valence-corrected chi connectivity index (χ3v) is 9.46. The van der Waals surface area contributed by atoms with Gasteiger partial charge >= 0.3 is 0 Å². The van der Waals surface area contributed by atoms with E-state index in [9.17, 15) is 13.2 Å². The first kappa shape index (κ1) is 24.9. The Kier molecular flexibility index (Phi) is 6.22. The third-order valence-electron chi connectivity index (χ3n) is 7.71. The van der Waals surface area contributed by atoms with E-state index < -0.39 is 9.84 Å². The van der Waals surface area contributed by atoms with Crippen LogP contribution in [0, 0.1) is 25.2 Å². The van der Waals surface area contributed by atoms with E-state index in [4.69, 9.17) is 10.1 Å². The number of rotatable bonds is 4. The number of aromatic nitrogens is 3. The monoisotopic (exact) mass is 508 g/mol. The average Bonchev–Trinajstić information content (AvgIpc) is 3.31. The molecule has 192 valence electrons. The molecule has 3 unspecified atom stereocenters. The predicted octanol–water partition coefficient (Wildman–Crippen LogP) is 5.02. The number of carbonyl (C=O) groups excluding carboxylic acids is 1. The number of nitrogens with zero attached hydrogens (tertiary/aromatic N) is 3. The van der Waals surface area contributed by atoms with Crippen LogP contribution in [0.5, 0.6) is 0 Å². The van der Waals surface area contributed by atoms with E-state index >= 15 is 0 Å². The fraction of sp³-hybridized carbons (Fsp3) is 0.536. The Labute approximate surface area is 213 Å². The molecule has 1 aromatic carbocycles. The molecule has 3 aromatic rings. The van der Waals surface area contributed by atoms with Crippen LogP contribution in [0.1, 0.15) is 74.1 Å². The maximum Gasteiger partial charge on any atom is 0.252 e. The summed E-state index contributed by atoms with van der Waals surface area (Å²) >= 11 is 0. The first-order valence-electron chi connectivity index (χ1n) is 12.9. The molecule has 1 saturated heterocycles. The van der Waals surface area contributed by atoms with Crippen molar-refractivity contribution in [3.63, 3.8) is 0 Å². The van der Waals surface area contributed by atoms with Crippen molar-refractivity contribution in [2.75, 3.05) is 11.5 Å². The molecule has 2 aromatic heterocycles. The van der Waals surface area contributed by atoms with E-state index in [1.807, 2.05) is 44.2 Å². The predicted molar refractivity (Wildman–Crippen MR) is 143 cm³/mol. The van der Waals surface area contributed by atoms with Gasteiger partial charge in [-0.25, -0.2) is 18.1 Å². The number of hydrogen-bond acceptors (Lipinski definition) is 5. The minimum atomic E-state index is -3.10. The Hall–Kier alpha value is -2.74. The molecule has 1 saturated carbocycles. The molecule has 1 aliphatic heterocycles. The van der Waals surface area contributed by atoms with E-state index in [0.29, 0.717) is 40.3 Å². The van der Waals surface area contributed by atoms with Gasteiger partial charge in [-0.1, -0.05) is 50.6 Å². The van der Waals surface area contributed by atoms with Gasteiger partial charge in [0, 0.05) is 11.6 Å². The number of sulfone groups is 1. The van der Waals surface area contributed by atoms with E-state index in [1.165, 1.54) is 0 Å². The molecule has 5 rings (SSSR count). The fourth-order valence-corrected chi connectivity index (χ4v) is 8.00. The topological polar surface area (TPSA) is 94.0 Å². The van der Waals surface area contributed by atoms with E-state index in [1.54, 1.807) is 4.68 Å². The Balaban J connectivity index is 1.61. The molecular formula is C28H36N4O3S. The van der Waals surface area contributed by atoms with Gasteiger partial charge in [-0.15, -0.1) is 0 Å². The van der Waals surface area contributed by atoms with Crippen LogP contribution in [-0.2, 0) is 9.84 Å². The van der Waals surface area contributed by atoms with Gasteiger partial charge in [0.2, 0.25) is 0 Å². The maximum absolute atomic E-state index is 13.8. The van der Waals surface area contributed by atoms with Gasteiger partial charge < -0.3 is 5.32 Å². The molecule has 3 heterocycles. The maximum atomic E-state index is 13.8. The molecule has 1 aliphatic carbocycles. The first-order valence-corrected chi connectivity index (χ1v) is 14.7. The minimum absolute atomic E-state index is 0.0518. The molecule has 1 N–H and O–H groups in total. The molecular weight excluding hydrogens is 472 g/mol. The van der Waals surface area contributed by atoms with Crippen LogP contribution in [0.2, 0.25) is 0 Å². The molecule has 2 aliphatic rings. The SMILES string of the molecule is Cc1ccc(-c2cc(C(=O)NC3CC(C)CC(C)(C)C3)c3c(C)nn(C4CCS(=O)(=O)C4)c3n2)cc1. The Bertz CT molecular complexity index is 1420. The number of aryl methyl sites for hydroxylation is 2. The second kappa shape index (κ2) is 8.98. The van der Waals surface area contributed by atoms with Crippen LogP contribution in [0.25, 0.3) is 22.3 Å². The number of pyridine rings is 1. The summed E-state index contributed by atoms with van der Waals surface area (Å²) in [6, 6.07) is 9.76. The highest BCUT2D eigenvalue weighted by Crippen LogP contribution is 2.39. The van der Waals surface area contributed by atoms with Crippen molar-refractivity contribution >= 4 is 26.8 Å². The first-order chi connectivity index (χ1) is 16.9. The lowest BCUT2D eigenvalue weighted by Crippen LogP contribution is -2.43. The lowest BCUT2D eigenvalue weighted by atomic mass is 9.70. The van der Waals surface area contributed by atoms with Gasteiger partial charge in [-0.2, -0.15) is 5.10 Å². The largest absolute Gasteiger partial charge is 0.349 e.